The van der Waals surface area contributed by atoms with Crippen molar-refractivity contribution in [3.63, 3.8) is 0 Å². The van der Waals surface area contributed by atoms with Gasteiger partial charge >= 0.3 is 5.97 Å². The van der Waals surface area contributed by atoms with Crippen LogP contribution in [-0.2, 0) is 14.3 Å². The zero-order chi connectivity index (χ0) is 17.7. The molecule has 0 amide bonds. The van der Waals surface area contributed by atoms with Crippen LogP contribution in [0.3, 0.4) is 0 Å². The minimum atomic E-state index is -1.52. The maximum Gasteiger partial charge on any atom is 0.320 e. The molecule has 0 unspecified atom stereocenters. The van der Waals surface area contributed by atoms with Crippen molar-refractivity contribution >= 4 is 11.8 Å². The van der Waals surface area contributed by atoms with Gasteiger partial charge in [-0.05, 0) is 25.8 Å². The smallest absolute Gasteiger partial charge is 0.320 e. The molecule has 0 bridgehead atoms. The lowest BCUT2D eigenvalue weighted by atomic mass is 9.69. The summed E-state index contributed by atoms with van der Waals surface area (Å²) in [6, 6.07) is 6.78. The van der Waals surface area contributed by atoms with E-state index in [4.69, 9.17) is 9.47 Å². The molecule has 0 saturated heterocycles. The summed E-state index contributed by atoms with van der Waals surface area (Å²) < 4.78 is 10.4. The number of esters is 1. The highest BCUT2D eigenvalue weighted by atomic mass is 16.6. The first-order chi connectivity index (χ1) is 11.5. The Morgan fingerprint density at radius 2 is 2.12 bits per heavy atom. The van der Waals surface area contributed by atoms with E-state index in [-0.39, 0.29) is 25.2 Å². The van der Waals surface area contributed by atoms with E-state index in [1.54, 1.807) is 31.2 Å². The lowest BCUT2D eigenvalue weighted by Crippen LogP contribution is -2.45. The molecule has 0 spiro atoms. The second-order valence-corrected chi connectivity index (χ2v) is 5.78. The van der Waals surface area contributed by atoms with Crippen LogP contribution in [0.25, 0.3) is 0 Å². The minimum absolute atomic E-state index is 0.116. The molecule has 1 aliphatic rings. The van der Waals surface area contributed by atoms with Crippen molar-refractivity contribution in [1.29, 1.82) is 0 Å². The molecule has 1 saturated carbocycles. The number of hydrogen-bond donors (Lipinski definition) is 0. The first-order valence-corrected chi connectivity index (χ1v) is 7.92. The Morgan fingerprint density at radius 3 is 2.67 bits per heavy atom. The lowest BCUT2D eigenvalue weighted by molar-refractivity contribution is -0.485. The first-order valence-electron chi connectivity index (χ1n) is 7.92. The van der Waals surface area contributed by atoms with Crippen molar-refractivity contribution < 1.29 is 24.0 Å². The Morgan fingerprint density at radius 1 is 1.42 bits per heavy atom. The standard InChI is InChI=1S/C17H21NO6/c1-3-24-16(20)17(10-6-9-15(17)19)13(11-18(21)22)12-7-4-5-8-14(12)23-2/h4-5,7-8,13H,3,6,9-11H2,1-2H3/t13-,17+/m0/s1. The van der Waals surface area contributed by atoms with E-state index in [2.05, 4.69) is 0 Å². The van der Waals surface area contributed by atoms with Crippen LogP contribution in [0.2, 0.25) is 0 Å². The molecule has 7 heteroatoms. The van der Waals surface area contributed by atoms with Crippen molar-refractivity contribution in [1.82, 2.24) is 0 Å². The van der Waals surface area contributed by atoms with Crippen LogP contribution in [-0.4, -0.2) is 36.9 Å². The predicted molar refractivity (Wildman–Crippen MR) is 85.5 cm³/mol. The van der Waals surface area contributed by atoms with Gasteiger partial charge in [-0.2, -0.15) is 0 Å². The topological polar surface area (TPSA) is 95.7 Å². The Bertz CT molecular complexity index is 644. The van der Waals surface area contributed by atoms with Crippen molar-refractivity contribution in [3.05, 3.63) is 39.9 Å². The van der Waals surface area contributed by atoms with Crippen LogP contribution >= 0.6 is 0 Å². The van der Waals surface area contributed by atoms with Crippen LogP contribution < -0.4 is 4.74 Å². The number of carbonyl (C=O) groups excluding carboxylic acids is 2. The van der Waals surface area contributed by atoms with Crippen LogP contribution in [0.5, 0.6) is 5.75 Å². The zero-order valence-electron chi connectivity index (χ0n) is 13.8. The predicted octanol–water partition coefficient (Wildman–Crippen LogP) is 2.36. The van der Waals surface area contributed by atoms with E-state index in [1.807, 2.05) is 0 Å². The fraction of sp³-hybridized carbons (Fsp3) is 0.529. The van der Waals surface area contributed by atoms with Gasteiger partial charge in [0.2, 0.25) is 6.54 Å². The average molecular weight is 335 g/mol. The maximum atomic E-state index is 12.7. The number of para-hydroxylation sites is 1. The molecule has 0 aromatic heterocycles. The Hall–Kier alpha value is -2.44. The van der Waals surface area contributed by atoms with Crippen LogP contribution in [0, 0.1) is 15.5 Å². The van der Waals surface area contributed by atoms with E-state index >= 15 is 0 Å². The molecular weight excluding hydrogens is 314 g/mol. The molecule has 1 aromatic rings. The normalized spacial score (nSPS) is 21.3. The third-order valence-corrected chi connectivity index (χ3v) is 4.55. The van der Waals surface area contributed by atoms with Crippen molar-refractivity contribution in [2.45, 2.75) is 32.1 Å². The summed E-state index contributed by atoms with van der Waals surface area (Å²) in [5.74, 6) is -1.46. The molecule has 2 rings (SSSR count). The monoisotopic (exact) mass is 335 g/mol. The van der Waals surface area contributed by atoms with Crippen LogP contribution in [0.4, 0.5) is 0 Å². The van der Waals surface area contributed by atoms with E-state index in [1.165, 1.54) is 7.11 Å². The highest BCUT2D eigenvalue weighted by molar-refractivity contribution is 6.06. The van der Waals surface area contributed by atoms with Gasteiger partial charge in [-0.15, -0.1) is 0 Å². The molecule has 0 radical (unpaired) electrons. The van der Waals surface area contributed by atoms with Crippen molar-refractivity contribution in [2.75, 3.05) is 20.3 Å². The van der Waals surface area contributed by atoms with Gasteiger partial charge in [-0.1, -0.05) is 18.2 Å². The van der Waals surface area contributed by atoms with Gasteiger partial charge in [0.1, 0.15) is 11.2 Å². The number of ketones is 1. The van der Waals surface area contributed by atoms with Gasteiger partial charge in [-0.25, -0.2) is 0 Å². The summed E-state index contributed by atoms with van der Waals surface area (Å²) in [5.41, 5.74) is -1.03. The Kier molecular flexibility index (Phi) is 5.54. The molecule has 7 nitrogen and oxygen atoms in total. The maximum absolute atomic E-state index is 12.7. The van der Waals surface area contributed by atoms with E-state index in [0.29, 0.717) is 17.7 Å². The number of Topliss-reactive ketones (excluding diaryl/α,β-unsaturated/α-hetero) is 1. The second-order valence-electron chi connectivity index (χ2n) is 5.78. The molecule has 0 aliphatic heterocycles. The molecule has 1 fully saturated rings. The largest absolute Gasteiger partial charge is 0.496 e. The summed E-state index contributed by atoms with van der Waals surface area (Å²) in [6.07, 6.45) is 0.990. The molecular formula is C17H21NO6. The molecule has 24 heavy (non-hydrogen) atoms. The summed E-state index contributed by atoms with van der Waals surface area (Å²) in [7, 11) is 1.45. The molecule has 1 aromatic carbocycles. The second kappa shape index (κ2) is 7.42. The van der Waals surface area contributed by atoms with E-state index < -0.39 is 28.8 Å². The molecule has 1 aliphatic carbocycles. The number of benzene rings is 1. The van der Waals surface area contributed by atoms with E-state index in [9.17, 15) is 19.7 Å². The summed E-state index contributed by atoms with van der Waals surface area (Å²) >= 11 is 0. The Labute approximate surface area is 140 Å². The highest BCUT2D eigenvalue weighted by Crippen LogP contribution is 2.49. The SMILES string of the molecule is CCOC(=O)[C@@]1([C@@H](C[N+](=O)[O-])c2ccccc2OC)CCCC1=O. The number of nitro groups is 1. The number of hydrogen-bond acceptors (Lipinski definition) is 6. The van der Waals surface area contributed by atoms with Gasteiger partial charge in [0.15, 0.2) is 5.78 Å². The van der Waals surface area contributed by atoms with Gasteiger partial charge in [-0.3, -0.25) is 19.7 Å². The third kappa shape index (κ3) is 3.11. The first kappa shape index (κ1) is 17.9. The fourth-order valence-corrected chi connectivity index (χ4v) is 3.50. The third-order valence-electron chi connectivity index (χ3n) is 4.55. The number of ether oxygens (including phenoxy) is 2. The zero-order valence-corrected chi connectivity index (χ0v) is 13.8. The quantitative estimate of drug-likeness (QED) is 0.328. The van der Waals surface area contributed by atoms with Gasteiger partial charge in [0.05, 0.1) is 19.6 Å². The molecule has 130 valence electrons. The average Bonchev–Trinajstić information content (AvgIpc) is 2.95. The number of methoxy groups -OCH3 is 1. The van der Waals surface area contributed by atoms with Gasteiger partial charge in [0.25, 0.3) is 0 Å². The fourth-order valence-electron chi connectivity index (χ4n) is 3.50. The van der Waals surface area contributed by atoms with Crippen LogP contribution in [0.1, 0.15) is 37.7 Å². The lowest BCUT2D eigenvalue weighted by Gasteiger charge is -2.32. The number of nitrogens with zero attached hydrogens (tertiary/aromatic N) is 1. The Balaban J connectivity index is 2.61. The molecule has 0 heterocycles. The summed E-state index contributed by atoms with van der Waals surface area (Å²) in [5, 5.41) is 11.3. The molecule has 0 N–H and O–H groups in total. The number of rotatable bonds is 7. The number of carbonyl (C=O) groups is 2. The molecule has 2 atom stereocenters. The van der Waals surface area contributed by atoms with Crippen LogP contribution in [0.15, 0.2) is 24.3 Å². The van der Waals surface area contributed by atoms with E-state index in [0.717, 1.165) is 0 Å². The minimum Gasteiger partial charge on any atom is -0.496 e. The summed E-state index contributed by atoms with van der Waals surface area (Å²) in [6.45, 7) is 1.23. The summed E-state index contributed by atoms with van der Waals surface area (Å²) in [4.78, 5) is 36.1. The van der Waals surface area contributed by atoms with Gasteiger partial charge in [0, 0.05) is 16.9 Å². The van der Waals surface area contributed by atoms with Gasteiger partial charge < -0.3 is 9.47 Å². The highest BCUT2D eigenvalue weighted by Gasteiger charge is 2.58. The van der Waals surface area contributed by atoms with Crippen molar-refractivity contribution in [3.8, 4) is 5.75 Å². The van der Waals surface area contributed by atoms with Crippen molar-refractivity contribution in [2.24, 2.45) is 5.41 Å².